The summed E-state index contributed by atoms with van der Waals surface area (Å²) in [5.41, 5.74) is 3.99. The van der Waals surface area contributed by atoms with Crippen molar-refractivity contribution in [1.82, 2.24) is 24.9 Å². The molecule has 0 saturated carbocycles. The summed E-state index contributed by atoms with van der Waals surface area (Å²) in [7, 11) is 0. The second kappa shape index (κ2) is 8.89. The van der Waals surface area contributed by atoms with Crippen molar-refractivity contribution in [3.05, 3.63) is 65.2 Å². The number of hydrogen-bond acceptors (Lipinski definition) is 6. The lowest BCUT2D eigenvalue weighted by atomic mass is 9.90. The van der Waals surface area contributed by atoms with E-state index < -0.39 is 0 Å². The number of piperidine rings is 1. The summed E-state index contributed by atoms with van der Waals surface area (Å²) in [6.07, 6.45) is 3.64. The summed E-state index contributed by atoms with van der Waals surface area (Å²) in [6.45, 7) is 7.13. The van der Waals surface area contributed by atoms with Crippen molar-refractivity contribution in [2.45, 2.75) is 39.7 Å². The van der Waals surface area contributed by atoms with E-state index in [2.05, 4.69) is 27.4 Å². The number of hydrogen-bond donors (Lipinski definition) is 1. The third kappa shape index (κ3) is 4.25. The Labute approximate surface area is 196 Å². The quantitative estimate of drug-likeness (QED) is 0.469. The lowest BCUT2D eigenvalue weighted by Crippen LogP contribution is -2.51. The Kier molecular flexibility index (Phi) is 5.77. The van der Waals surface area contributed by atoms with E-state index in [1.807, 2.05) is 36.9 Å². The molecule has 0 aliphatic carbocycles. The van der Waals surface area contributed by atoms with Crippen LogP contribution < -0.4 is 5.32 Å². The molecule has 3 heterocycles. The first-order valence-electron chi connectivity index (χ1n) is 11.5. The lowest BCUT2D eigenvalue weighted by Gasteiger charge is -2.40. The van der Waals surface area contributed by atoms with Gasteiger partial charge in [-0.05, 0) is 56.9 Å². The van der Waals surface area contributed by atoms with E-state index in [-0.39, 0.29) is 23.7 Å². The van der Waals surface area contributed by atoms with Gasteiger partial charge in [0.2, 0.25) is 0 Å². The highest BCUT2D eigenvalue weighted by Gasteiger charge is 2.34. The minimum atomic E-state index is -0.360. The van der Waals surface area contributed by atoms with Gasteiger partial charge in [-0.25, -0.2) is 4.39 Å². The largest absolute Gasteiger partial charge is 0.424 e. The minimum Gasteiger partial charge on any atom is -0.424 e. The van der Waals surface area contributed by atoms with Crippen LogP contribution in [0.15, 0.2) is 47.0 Å². The zero-order valence-electron chi connectivity index (χ0n) is 19.5. The van der Waals surface area contributed by atoms with Crippen LogP contribution in [0.4, 0.5) is 10.4 Å². The predicted octanol–water partition coefficient (Wildman–Crippen LogP) is 4.52. The number of rotatable bonds is 5. The molecular formula is C25H27FN6O2. The van der Waals surface area contributed by atoms with Gasteiger partial charge in [0.15, 0.2) is 5.58 Å². The maximum absolute atomic E-state index is 13.8. The number of nitrogens with zero attached hydrogens (tertiary/aromatic N) is 5. The van der Waals surface area contributed by atoms with E-state index in [1.165, 1.54) is 16.9 Å². The highest BCUT2D eigenvalue weighted by molar-refractivity contribution is 5.98. The molecule has 0 spiro atoms. The van der Waals surface area contributed by atoms with Gasteiger partial charge in [0.1, 0.15) is 11.3 Å². The molecule has 176 valence electrons. The van der Waals surface area contributed by atoms with Crippen LogP contribution in [-0.4, -0.2) is 49.9 Å². The van der Waals surface area contributed by atoms with Gasteiger partial charge < -0.3 is 14.6 Å². The maximum Gasteiger partial charge on any atom is 0.295 e. The van der Waals surface area contributed by atoms with E-state index in [1.54, 1.807) is 12.3 Å². The molecule has 9 heteroatoms. The normalized spacial score (nSPS) is 18.4. The van der Waals surface area contributed by atoms with E-state index >= 15 is 0 Å². The molecule has 0 unspecified atom stereocenters. The number of carbonyl (C=O) groups excluding carboxylic acids is 1. The fourth-order valence-corrected chi connectivity index (χ4v) is 4.59. The third-order valence-corrected chi connectivity index (χ3v) is 6.39. The van der Waals surface area contributed by atoms with Gasteiger partial charge in [0.25, 0.3) is 11.9 Å². The number of oxazole rings is 1. The molecule has 0 bridgehead atoms. The second-order valence-corrected chi connectivity index (χ2v) is 8.99. The first kappa shape index (κ1) is 22.1. The van der Waals surface area contributed by atoms with Crippen molar-refractivity contribution < 1.29 is 13.6 Å². The van der Waals surface area contributed by atoms with Crippen molar-refractivity contribution in [2.75, 3.05) is 18.4 Å². The molecule has 34 heavy (non-hydrogen) atoms. The lowest BCUT2D eigenvalue weighted by molar-refractivity contribution is 0.0539. The molecule has 2 atom stereocenters. The zero-order valence-corrected chi connectivity index (χ0v) is 19.5. The molecule has 5 rings (SSSR count). The monoisotopic (exact) mass is 462 g/mol. The molecule has 1 aliphatic heterocycles. The summed E-state index contributed by atoms with van der Waals surface area (Å²) in [5.74, 6) is -0.127. The Morgan fingerprint density at radius 1 is 1.24 bits per heavy atom. The molecule has 2 aromatic heterocycles. The molecule has 1 saturated heterocycles. The third-order valence-electron chi connectivity index (χ3n) is 6.39. The van der Waals surface area contributed by atoms with Crippen LogP contribution in [0.3, 0.4) is 0 Å². The molecule has 4 aromatic rings. The van der Waals surface area contributed by atoms with E-state index in [0.29, 0.717) is 41.5 Å². The van der Waals surface area contributed by atoms with Crippen molar-refractivity contribution in [3.8, 4) is 5.69 Å². The van der Waals surface area contributed by atoms with E-state index in [0.717, 1.165) is 24.1 Å². The standard InChI is InChI=1S/C25H27FN6O2/c1-15-6-8-21(32-28-13-17(3)30-32)19(11-15)24(33)31-10-4-5-16(2)22(31)14-27-25-29-20-12-18(26)7-9-23(20)34-25/h6-9,11-13,16,22H,4-5,10,14H2,1-3H3,(H,27,29)/t16-,22-/m1/s1. The molecular weight excluding hydrogens is 435 g/mol. The maximum atomic E-state index is 13.8. The van der Waals surface area contributed by atoms with Gasteiger partial charge in [-0.1, -0.05) is 18.6 Å². The second-order valence-electron chi connectivity index (χ2n) is 8.99. The van der Waals surface area contributed by atoms with Crippen LogP contribution in [0.25, 0.3) is 16.8 Å². The molecule has 1 aliphatic rings. The molecule has 8 nitrogen and oxygen atoms in total. The summed E-state index contributed by atoms with van der Waals surface area (Å²) < 4.78 is 19.2. The Bertz CT molecular complexity index is 1350. The van der Waals surface area contributed by atoms with Crippen LogP contribution in [0, 0.1) is 25.6 Å². The predicted molar refractivity (Wildman–Crippen MR) is 127 cm³/mol. The highest BCUT2D eigenvalue weighted by Crippen LogP contribution is 2.28. The number of aromatic nitrogens is 4. The van der Waals surface area contributed by atoms with Crippen LogP contribution >= 0.6 is 0 Å². The topological polar surface area (TPSA) is 89.1 Å². The SMILES string of the molecule is Cc1ccc(-n2ncc(C)n2)c(C(=O)N2CCC[C@@H](C)[C@H]2CNc2nc3cc(F)ccc3o2)c1. The van der Waals surface area contributed by atoms with Crippen molar-refractivity contribution >= 4 is 23.0 Å². The smallest absolute Gasteiger partial charge is 0.295 e. The fourth-order valence-electron chi connectivity index (χ4n) is 4.59. The average molecular weight is 463 g/mol. The molecule has 1 amide bonds. The Balaban J connectivity index is 1.41. The molecule has 2 aromatic carbocycles. The summed E-state index contributed by atoms with van der Waals surface area (Å²) in [4.78, 5) is 21.6. The van der Waals surface area contributed by atoms with Gasteiger partial charge in [0.05, 0.1) is 29.2 Å². The summed E-state index contributed by atoms with van der Waals surface area (Å²) in [5, 5.41) is 12.0. The molecule has 0 radical (unpaired) electrons. The number of carbonyl (C=O) groups is 1. The van der Waals surface area contributed by atoms with Crippen LogP contribution in [0.2, 0.25) is 0 Å². The van der Waals surface area contributed by atoms with Crippen LogP contribution in [0.1, 0.15) is 41.4 Å². The van der Waals surface area contributed by atoms with Gasteiger partial charge >= 0.3 is 0 Å². The Morgan fingerprint density at radius 3 is 2.88 bits per heavy atom. The Hall–Kier alpha value is -3.75. The number of nitrogens with one attached hydrogen (secondary N) is 1. The summed E-state index contributed by atoms with van der Waals surface area (Å²) in [6, 6.07) is 10.2. The number of fused-ring (bicyclic) bond motifs is 1. The first-order valence-corrected chi connectivity index (χ1v) is 11.5. The number of halogens is 1. The van der Waals surface area contributed by atoms with Crippen molar-refractivity contribution in [3.63, 3.8) is 0 Å². The highest BCUT2D eigenvalue weighted by atomic mass is 19.1. The summed E-state index contributed by atoms with van der Waals surface area (Å²) >= 11 is 0. The zero-order chi connectivity index (χ0) is 23.8. The van der Waals surface area contributed by atoms with Crippen molar-refractivity contribution in [2.24, 2.45) is 5.92 Å². The molecule has 1 fully saturated rings. The van der Waals surface area contributed by atoms with Gasteiger partial charge in [-0.15, -0.1) is 0 Å². The number of anilines is 1. The van der Waals surface area contributed by atoms with Crippen LogP contribution in [-0.2, 0) is 0 Å². The first-order chi connectivity index (χ1) is 16.4. The van der Waals surface area contributed by atoms with E-state index in [4.69, 9.17) is 4.42 Å². The average Bonchev–Trinajstić information content (AvgIpc) is 3.43. The van der Waals surface area contributed by atoms with E-state index in [9.17, 15) is 9.18 Å². The Morgan fingerprint density at radius 2 is 2.09 bits per heavy atom. The van der Waals surface area contributed by atoms with Gasteiger partial charge in [0, 0.05) is 19.2 Å². The number of aryl methyl sites for hydroxylation is 2. The number of amides is 1. The van der Waals surface area contributed by atoms with Gasteiger partial charge in [-0.3, -0.25) is 4.79 Å². The van der Waals surface area contributed by atoms with Crippen LogP contribution in [0.5, 0.6) is 0 Å². The molecule has 1 N–H and O–H groups in total. The minimum absolute atomic E-state index is 0.0494. The van der Waals surface area contributed by atoms with Gasteiger partial charge in [-0.2, -0.15) is 20.0 Å². The fraction of sp³-hybridized carbons (Fsp3) is 0.360. The van der Waals surface area contributed by atoms with Crippen molar-refractivity contribution in [1.29, 1.82) is 0 Å². The number of likely N-dealkylation sites (tertiary alicyclic amines) is 1. The number of benzene rings is 2.